The van der Waals surface area contributed by atoms with Crippen LogP contribution in [0.4, 0.5) is 0 Å². The van der Waals surface area contributed by atoms with Crippen molar-refractivity contribution in [1.29, 1.82) is 0 Å². The van der Waals surface area contributed by atoms with E-state index in [0.717, 1.165) is 26.6 Å². The van der Waals surface area contributed by atoms with Crippen LogP contribution in [-0.2, 0) is 0 Å². The Morgan fingerprint density at radius 1 is 0.750 bits per heavy atom. The molecule has 0 unspecified atom stereocenters. The lowest BCUT2D eigenvalue weighted by molar-refractivity contribution is 1.14. The monoisotopic (exact) mass is 378 g/mol. The van der Waals surface area contributed by atoms with Crippen molar-refractivity contribution < 1.29 is 0 Å². The summed E-state index contributed by atoms with van der Waals surface area (Å²) in [5.74, 6) is 0. The number of para-hydroxylation sites is 2. The van der Waals surface area contributed by atoms with Crippen LogP contribution in [0.5, 0.6) is 0 Å². The van der Waals surface area contributed by atoms with Gasteiger partial charge in [-0.25, -0.2) is 4.98 Å². The van der Waals surface area contributed by atoms with Crippen LogP contribution in [0.2, 0.25) is 0 Å². The molecule has 132 valence electrons. The van der Waals surface area contributed by atoms with Crippen molar-refractivity contribution in [1.82, 2.24) is 19.5 Å². The molecule has 5 heteroatoms. The molecule has 2 aromatic carbocycles. The molecule has 0 saturated heterocycles. The highest BCUT2D eigenvalue weighted by atomic mass is 32.1. The van der Waals surface area contributed by atoms with Crippen molar-refractivity contribution in [2.75, 3.05) is 0 Å². The first-order chi connectivity index (χ1) is 13.9. The molecular formula is C23H14N4S. The lowest BCUT2D eigenvalue weighted by Crippen LogP contribution is -1.95. The fourth-order valence-corrected chi connectivity index (χ4v) is 4.64. The minimum Gasteiger partial charge on any atom is -0.308 e. The van der Waals surface area contributed by atoms with Gasteiger partial charge in [-0.3, -0.25) is 9.97 Å². The lowest BCUT2D eigenvalue weighted by Gasteiger charge is -2.07. The molecule has 28 heavy (non-hydrogen) atoms. The topological polar surface area (TPSA) is 43.6 Å². The maximum absolute atomic E-state index is 4.72. The number of hydrogen-bond acceptors (Lipinski definition) is 4. The third-order valence-electron chi connectivity index (χ3n) is 5.00. The highest BCUT2D eigenvalue weighted by molar-refractivity contribution is 7.21. The van der Waals surface area contributed by atoms with Crippen molar-refractivity contribution >= 4 is 43.4 Å². The van der Waals surface area contributed by atoms with Crippen LogP contribution < -0.4 is 0 Å². The maximum atomic E-state index is 4.72. The van der Waals surface area contributed by atoms with E-state index in [1.54, 1.807) is 17.5 Å². The molecule has 4 aromatic heterocycles. The summed E-state index contributed by atoms with van der Waals surface area (Å²) >= 11 is 1.62. The Hall–Kier alpha value is -3.57. The van der Waals surface area contributed by atoms with E-state index in [-0.39, 0.29) is 0 Å². The smallest absolute Gasteiger partial charge is 0.143 e. The first kappa shape index (κ1) is 15.5. The maximum Gasteiger partial charge on any atom is 0.143 e. The number of thiazole rings is 1. The lowest BCUT2D eigenvalue weighted by atomic mass is 10.2. The largest absolute Gasteiger partial charge is 0.308 e. The van der Waals surface area contributed by atoms with Crippen LogP contribution in [0.1, 0.15) is 0 Å². The quantitative estimate of drug-likeness (QED) is 0.379. The Morgan fingerprint density at radius 2 is 1.50 bits per heavy atom. The summed E-state index contributed by atoms with van der Waals surface area (Å²) in [7, 11) is 0. The van der Waals surface area contributed by atoms with Gasteiger partial charge >= 0.3 is 0 Å². The SMILES string of the molecule is c1ccc2c(c1)c1ccccc1n2-c1ccc(-c2nc3ccncc3s2)nc1. The molecule has 0 atom stereocenters. The number of aromatic nitrogens is 4. The van der Waals surface area contributed by atoms with Gasteiger partial charge in [0, 0.05) is 23.2 Å². The summed E-state index contributed by atoms with van der Waals surface area (Å²) in [6.45, 7) is 0. The molecule has 0 bridgehead atoms. The summed E-state index contributed by atoms with van der Waals surface area (Å²) in [5.41, 5.74) is 5.26. The summed E-state index contributed by atoms with van der Waals surface area (Å²) < 4.78 is 3.34. The Balaban J connectivity index is 1.52. The predicted molar refractivity (Wildman–Crippen MR) is 115 cm³/mol. The molecule has 0 aliphatic heterocycles. The molecule has 0 amide bonds. The van der Waals surface area contributed by atoms with E-state index in [2.05, 4.69) is 69.1 Å². The van der Waals surface area contributed by atoms with Gasteiger partial charge in [-0.1, -0.05) is 36.4 Å². The highest BCUT2D eigenvalue weighted by Crippen LogP contribution is 2.33. The van der Waals surface area contributed by atoms with E-state index in [9.17, 15) is 0 Å². The van der Waals surface area contributed by atoms with Crippen LogP contribution >= 0.6 is 11.3 Å². The van der Waals surface area contributed by atoms with Gasteiger partial charge in [-0.15, -0.1) is 11.3 Å². The van der Waals surface area contributed by atoms with Gasteiger partial charge in [0.2, 0.25) is 0 Å². The number of benzene rings is 2. The first-order valence-corrected chi connectivity index (χ1v) is 9.86. The Bertz CT molecular complexity index is 1370. The second-order valence-corrected chi connectivity index (χ2v) is 7.66. The standard InChI is InChI=1S/C23H14N4S/c1-3-7-20-16(5-1)17-6-2-4-8-21(17)27(20)15-9-10-19(25-13-15)23-26-18-11-12-24-14-22(18)28-23/h1-14H. The normalized spacial score (nSPS) is 11.6. The highest BCUT2D eigenvalue weighted by Gasteiger charge is 2.12. The van der Waals surface area contributed by atoms with Crippen LogP contribution in [0.3, 0.4) is 0 Å². The van der Waals surface area contributed by atoms with Gasteiger partial charge in [-0.05, 0) is 30.3 Å². The van der Waals surface area contributed by atoms with Crippen LogP contribution in [0.25, 0.3) is 48.4 Å². The Labute approximate surface area is 164 Å². The number of fused-ring (bicyclic) bond motifs is 4. The molecule has 0 aliphatic rings. The van der Waals surface area contributed by atoms with E-state index >= 15 is 0 Å². The van der Waals surface area contributed by atoms with Crippen LogP contribution in [0, 0.1) is 0 Å². The zero-order valence-corrected chi connectivity index (χ0v) is 15.6. The van der Waals surface area contributed by atoms with Crippen molar-refractivity contribution in [3.8, 4) is 16.4 Å². The van der Waals surface area contributed by atoms with E-state index in [4.69, 9.17) is 4.98 Å². The molecule has 0 fully saturated rings. The fourth-order valence-electron chi connectivity index (χ4n) is 3.74. The Kier molecular flexibility index (Phi) is 3.30. The van der Waals surface area contributed by atoms with Gasteiger partial charge < -0.3 is 4.57 Å². The molecule has 0 N–H and O–H groups in total. The van der Waals surface area contributed by atoms with Gasteiger partial charge in [0.1, 0.15) is 5.01 Å². The fraction of sp³-hybridized carbons (Fsp3) is 0. The second-order valence-electron chi connectivity index (χ2n) is 6.63. The van der Waals surface area contributed by atoms with E-state index in [0.29, 0.717) is 0 Å². The molecular weight excluding hydrogens is 364 g/mol. The third-order valence-corrected chi connectivity index (χ3v) is 6.02. The predicted octanol–water partition coefficient (Wildman–Crippen LogP) is 5.85. The molecule has 4 nitrogen and oxygen atoms in total. The molecule has 0 spiro atoms. The minimum atomic E-state index is 0.880. The van der Waals surface area contributed by atoms with Crippen molar-refractivity contribution in [2.24, 2.45) is 0 Å². The number of hydrogen-bond donors (Lipinski definition) is 0. The van der Waals surface area contributed by atoms with Gasteiger partial charge in [0.05, 0.1) is 38.8 Å². The zero-order chi connectivity index (χ0) is 18.5. The Morgan fingerprint density at radius 3 is 2.18 bits per heavy atom. The number of nitrogens with zero attached hydrogens (tertiary/aromatic N) is 4. The summed E-state index contributed by atoms with van der Waals surface area (Å²) in [6.07, 6.45) is 5.55. The number of pyridine rings is 2. The third kappa shape index (κ3) is 2.27. The zero-order valence-electron chi connectivity index (χ0n) is 14.8. The van der Waals surface area contributed by atoms with E-state index in [1.165, 1.54) is 21.8 Å². The molecule has 6 aromatic rings. The van der Waals surface area contributed by atoms with Gasteiger partial charge in [0.25, 0.3) is 0 Å². The second kappa shape index (κ2) is 5.97. The summed E-state index contributed by atoms with van der Waals surface area (Å²) in [4.78, 5) is 13.6. The number of rotatable bonds is 2. The van der Waals surface area contributed by atoms with Crippen molar-refractivity contribution in [2.45, 2.75) is 0 Å². The van der Waals surface area contributed by atoms with Crippen molar-refractivity contribution in [3.05, 3.63) is 85.3 Å². The average molecular weight is 378 g/mol. The molecule has 0 saturated carbocycles. The minimum absolute atomic E-state index is 0.880. The summed E-state index contributed by atoms with van der Waals surface area (Å²) in [6, 6.07) is 23.1. The first-order valence-electron chi connectivity index (χ1n) is 9.04. The van der Waals surface area contributed by atoms with Gasteiger partial charge in [0.15, 0.2) is 0 Å². The molecule has 4 heterocycles. The summed E-state index contributed by atoms with van der Waals surface area (Å²) in [5, 5.41) is 3.42. The van der Waals surface area contributed by atoms with Crippen LogP contribution in [-0.4, -0.2) is 19.5 Å². The molecule has 0 radical (unpaired) electrons. The molecule has 6 rings (SSSR count). The van der Waals surface area contributed by atoms with Gasteiger partial charge in [-0.2, -0.15) is 0 Å². The van der Waals surface area contributed by atoms with E-state index in [1.807, 2.05) is 24.5 Å². The average Bonchev–Trinajstić information content (AvgIpc) is 3.33. The van der Waals surface area contributed by atoms with Crippen LogP contribution in [0.15, 0.2) is 85.3 Å². The molecule has 0 aliphatic carbocycles. The van der Waals surface area contributed by atoms with Crippen molar-refractivity contribution in [3.63, 3.8) is 0 Å². The van der Waals surface area contributed by atoms with E-state index < -0.39 is 0 Å².